The zero-order valence-electron chi connectivity index (χ0n) is 11.5. The zero-order chi connectivity index (χ0) is 13.3. The molecule has 0 aliphatic rings. The fourth-order valence-electron chi connectivity index (χ4n) is 1.78. The van der Waals surface area contributed by atoms with Crippen LogP contribution in [0.5, 0.6) is 0 Å². The second-order valence-corrected chi connectivity index (χ2v) is 6.55. The third-order valence-electron chi connectivity index (χ3n) is 3.79. The van der Waals surface area contributed by atoms with Gasteiger partial charge in [0.05, 0.1) is 15.2 Å². The molecule has 1 unspecified atom stereocenters. The van der Waals surface area contributed by atoms with Gasteiger partial charge in [0.15, 0.2) is 0 Å². The first-order valence-corrected chi connectivity index (χ1v) is 7.00. The van der Waals surface area contributed by atoms with Gasteiger partial charge in [0.1, 0.15) is 0 Å². The average Bonchev–Trinajstić information content (AvgIpc) is 2.70. The van der Waals surface area contributed by atoms with E-state index in [9.17, 15) is 0 Å². The monoisotopic (exact) mass is 263 g/mol. The van der Waals surface area contributed by atoms with Gasteiger partial charge in [-0.25, -0.2) is 4.98 Å². The Labute approximate surface area is 113 Å². The summed E-state index contributed by atoms with van der Waals surface area (Å²) in [5.74, 6) is 0. The number of fused-ring (bicyclic) bond motifs is 1. The van der Waals surface area contributed by atoms with Crippen LogP contribution in [0.15, 0.2) is 24.3 Å². The Bertz CT molecular complexity index is 498. The topological polar surface area (TPSA) is 42.1 Å². The molecule has 4 heteroatoms. The second kappa shape index (κ2) is 4.96. The quantitative estimate of drug-likeness (QED) is 0.921. The van der Waals surface area contributed by atoms with E-state index in [1.54, 1.807) is 11.3 Å². The summed E-state index contributed by atoms with van der Waals surface area (Å²) in [4.78, 5) is 6.82. The van der Waals surface area contributed by atoms with E-state index in [2.05, 4.69) is 50.0 Å². The summed E-state index contributed by atoms with van der Waals surface area (Å²) in [5, 5.41) is 1.12. The van der Waals surface area contributed by atoms with Crippen LogP contribution in [0.4, 0.5) is 0 Å². The predicted molar refractivity (Wildman–Crippen MR) is 79.1 cm³/mol. The minimum atomic E-state index is -0.0299. The Balaban J connectivity index is 2.18. The molecule has 98 valence electrons. The van der Waals surface area contributed by atoms with Gasteiger partial charge in [-0.15, -0.1) is 11.3 Å². The lowest BCUT2D eigenvalue weighted by Gasteiger charge is -2.37. The summed E-state index contributed by atoms with van der Waals surface area (Å²) in [6.07, 6.45) is 0.824. The Hall–Kier alpha value is -0.970. The number of thiazole rings is 1. The van der Waals surface area contributed by atoms with Crippen molar-refractivity contribution in [3.8, 4) is 0 Å². The third kappa shape index (κ3) is 2.55. The van der Waals surface area contributed by atoms with Crippen LogP contribution >= 0.6 is 11.3 Å². The first-order valence-electron chi connectivity index (χ1n) is 6.18. The van der Waals surface area contributed by atoms with Crippen molar-refractivity contribution >= 4 is 21.6 Å². The van der Waals surface area contributed by atoms with E-state index in [4.69, 9.17) is 5.73 Å². The highest BCUT2D eigenvalue weighted by molar-refractivity contribution is 7.18. The maximum Gasteiger partial charge on any atom is 0.0954 e. The van der Waals surface area contributed by atoms with Crippen LogP contribution in [0.1, 0.15) is 18.9 Å². The van der Waals surface area contributed by atoms with Crippen molar-refractivity contribution in [3.63, 3.8) is 0 Å². The molecule has 2 aromatic rings. The molecule has 0 saturated carbocycles. The molecule has 2 N–H and O–H groups in total. The molecule has 0 aliphatic carbocycles. The molecular weight excluding hydrogens is 242 g/mol. The summed E-state index contributed by atoms with van der Waals surface area (Å²) in [6, 6.07) is 8.31. The molecule has 0 spiro atoms. The first kappa shape index (κ1) is 13.5. The van der Waals surface area contributed by atoms with E-state index in [0.717, 1.165) is 16.9 Å². The van der Waals surface area contributed by atoms with E-state index in [0.29, 0.717) is 0 Å². The lowest BCUT2D eigenvalue weighted by molar-refractivity contribution is 0.158. The highest BCUT2D eigenvalue weighted by atomic mass is 32.1. The first-order chi connectivity index (χ1) is 8.41. The molecule has 0 bridgehead atoms. The zero-order valence-corrected chi connectivity index (χ0v) is 12.3. The van der Waals surface area contributed by atoms with Crippen LogP contribution in [-0.2, 0) is 6.42 Å². The van der Waals surface area contributed by atoms with E-state index in [1.807, 2.05) is 12.1 Å². The van der Waals surface area contributed by atoms with Crippen LogP contribution in [-0.4, -0.2) is 35.6 Å². The number of para-hydroxylation sites is 1. The van der Waals surface area contributed by atoms with Crippen molar-refractivity contribution in [2.24, 2.45) is 5.73 Å². The van der Waals surface area contributed by atoms with Gasteiger partial charge < -0.3 is 10.6 Å². The molecule has 0 amide bonds. The van der Waals surface area contributed by atoms with E-state index in [1.165, 1.54) is 4.70 Å². The van der Waals surface area contributed by atoms with Crippen molar-refractivity contribution in [2.75, 3.05) is 14.1 Å². The van der Waals surface area contributed by atoms with E-state index in [-0.39, 0.29) is 11.6 Å². The molecule has 0 radical (unpaired) electrons. The molecule has 1 heterocycles. The highest BCUT2D eigenvalue weighted by Crippen LogP contribution is 2.25. The van der Waals surface area contributed by atoms with Crippen molar-refractivity contribution < 1.29 is 0 Å². The highest BCUT2D eigenvalue weighted by Gasteiger charge is 2.29. The van der Waals surface area contributed by atoms with Crippen molar-refractivity contribution in [3.05, 3.63) is 29.3 Å². The minimum Gasteiger partial charge on any atom is -0.326 e. The van der Waals surface area contributed by atoms with Crippen molar-refractivity contribution in [1.82, 2.24) is 9.88 Å². The molecule has 1 aromatic carbocycles. The summed E-state index contributed by atoms with van der Waals surface area (Å²) in [6.45, 7) is 4.34. The van der Waals surface area contributed by atoms with Gasteiger partial charge in [0, 0.05) is 18.0 Å². The standard InChI is InChI=1S/C14H21N3S/c1-14(2,17(3)4)12(15)9-13-16-10-7-5-6-8-11(10)18-13/h5-8,12H,9,15H2,1-4H3. The Morgan fingerprint density at radius 3 is 2.61 bits per heavy atom. The number of nitrogens with two attached hydrogens (primary N) is 1. The van der Waals surface area contributed by atoms with Crippen LogP contribution < -0.4 is 5.73 Å². The molecule has 0 saturated heterocycles. The molecule has 3 nitrogen and oxygen atoms in total. The molecule has 18 heavy (non-hydrogen) atoms. The van der Waals surface area contributed by atoms with Crippen molar-refractivity contribution in [2.45, 2.75) is 31.8 Å². The van der Waals surface area contributed by atoms with Crippen LogP contribution in [0.25, 0.3) is 10.2 Å². The Morgan fingerprint density at radius 1 is 1.33 bits per heavy atom. The SMILES string of the molecule is CN(C)C(C)(C)C(N)Cc1nc2ccccc2s1. The molecule has 2 rings (SSSR count). The summed E-state index contributed by atoms with van der Waals surface area (Å²) in [5.41, 5.74) is 7.38. The van der Waals surface area contributed by atoms with Gasteiger partial charge in [-0.1, -0.05) is 12.1 Å². The minimum absolute atomic E-state index is 0.0299. The number of benzene rings is 1. The smallest absolute Gasteiger partial charge is 0.0954 e. The van der Waals surface area contributed by atoms with Crippen LogP contribution in [0.2, 0.25) is 0 Å². The van der Waals surface area contributed by atoms with E-state index < -0.39 is 0 Å². The van der Waals surface area contributed by atoms with Gasteiger partial charge in [-0.2, -0.15) is 0 Å². The summed E-state index contributed by atoms with van der Waals surface area (Å²) < 4.78 is 1.24. The van der Waals surface area contributed by atoms with Crippen LogP contribution in [0, 0.1) is 0 Å². The molecule has 1 aromatic heterocycles. The second-order valence-electron chi connectivity index (χ2n) is 5.43. The van der Waals surface area contributed by atoms with Gasteiger partial charge in [-0.05, 0) is 40.1 Å². The van der Waals surface area contributed by atoms with Crippen LogP contribution in [0.3, 0.4) is 0 Å². The number of rotatable bonds is 4. The predicted octanol–water partition coefficient (Wildman–Crippen LogP) is 2.51. The van der Waals surface area contributed by atoms with Gasteiger partial charge in [0.25, 0.3) is 0 Å². The third-order valence-corrected chi connectivity index (χ3v) is 4.85. The fourth-order valence-corrected chi connectivity index (χ4v) is 2.80. The molecule has 0 aliphatic heterocycles. The summed E-state index contributed by atoms with van der Waals surface area (Å²) in [7, 11) is 4.14. The largest absolute Gasteiger partial charge is 0.326 e. The number of hydrogen-bond donors (Lipinski definition) is 1. The lowest BCUT2D eigenvalue weighted by atomic mass is 9.92. The maximum atomic E-state index is 6.33. The Morgan fingerprint density at radius 2 is 2.00 bits per heavy atom. The van der Waals surface area contributed by atoms with Gasteiger partial charge in [0.2, 0.25) is 0 Å². The number of aromatic nitrogens is 1. The number of likely N-dealkylation sites (N-methyl/N-ethyl adjacent to an activating group) is 1. The fraction of sp³-hybridized carbons (Fsp3) is 0.500. The van der Waals surface area contributed by atoms with E-state index >= 15 is 0 Å². The lowest BCUT2D eigenvalue weighted by Crippen LogP contribution is -2.54. The average molecular weight is 263 g/mol. The number of hydrogen-bond acceptors (Lipinski definition) is 4. The van der Waals surface area contributed by atoms with Gasteiger partial charge >= 0.3 is 0 Å². The molecule has 0 fully saturated rings. The normalized spacial score (nSPS) is 14.3. The van der Waals surface area contributed by atoms with Gasteiger partial charge in [-0.3, -0.25) is 0 Å². The molecular formula is C14H21N3S. The summed E-state index contributed by atoms with van der Waals surface area (Å²) >= 11 is 1.74. The maximum absolute atomic E-state index is 6.33. The Kier molecular flexibility index (Phi) is 3.71. The van der Waals surface area contributed by atoms with Crippen molar-refractivity contribution in [1.29, 1.82) is 0 Å². The number of nitrogens with zero attached hydrogens (tertiary/aromatic N) is 2. The molecule has 1 atom stereocenters.